The van der Waals surface area contributed by atoms with E-state index in [1.54, 1.807) is 48.5 Å². The number of esters is 2. The largest absolute Gasteiger partial charge is 0.453 e. The van der Waals surface area contributed by atoms with Crippen LogP contribution >= 0.6 is 0 Å². The Hall–Kier alpha value is -2.86. The molecule has 0 bridgehead atoms. The second kappa shape index (κ2) is 6.57. The standard InChI is InChI=1S/C19H18O6/c1-12(20)23-18-17(14-8-4-3-5-9-14)19(22,25-13(2)21)15-10-6-7-11-16(15)24-18/h3-11,17-18,22H,1-2H3. The smallest absolute Gasteiger partial charge is 0.305 e. The molecule has 3 unspecified atom stereocenters. The maximum Gasteiger partial charge on any atom is 0.305 e. The van der Waals surface area contributed by atoms with Crippen molar-refractivity contribution in [3.63, 3.8) is 0 Å². The Bertz CT molecular complexity index is 788. The van der Waals surface area contributed by atoms with E-state index in [0.29, 0.717) is 11.1 Å². The minimum absolute atomic E-state index is 0.282. The summed E-state index contributed by atoms with van der Waals surface area (Å²) in [6.07, 6.45) is -1.15. The third-order valence-corrected chi connectivity index (χ3v) is 3.95. The molecular formula is C19H18O6. The molecule has 0 fully saturated rings. The van der Waals surface area contributed by atoms with Gasteiger partial charge >= 0.3 is 11.9 Å². The van der Waals surface area contributed by atoms with Gasteiger partial charge in [-0.3, -0.25) is 9.59 Å². The average molecular weight is 342 g/mol. The van der Waals surface area contributed by atoms with Gasteiger partial charge in [0.15, 0.2) is 0 Å². The molecule has 0 aromatic heterocycles. The first-order valence-corrected chi connectivity index (χ1v) is 7.82. The second-order valence-electron chi connectivity index (χ2n) is 5.77. The van der Waals surface area contributed by atoms with Crippen molar-refractivity contribution >= 4 is 11.9 Å². The van der Waals surface area contributed by atoms with Crippen LogP contribution in [0.15, 0.2) is 54.6 Å². The van der Waals surface area contributed by atoms with E-state index in [2.05, 4.69) is 0 Å². The highest BCUT2D eigenvalue weighted by Crippen LogP contribution is 2.49. The molecule has 130 valence electrons. The molecule has 2 aromatic rings. The van der Waals surface area contributed by atoms with Crippen molar-refractivity contribution < 1.29 is 28.9 Å². The number of rotatable bonds is 3. The third-order valence-electron chi connectivity index (χ3n) is 3.95. The summed E-state index contributed by atoms with van der Waals surface area (Å²) in [6, 6.07) is 15.5. The van der Waals surface area contributed by atoms with E-state index in [0.717, 1.165) is 0 Å². The molecule has 1 aliphatic rings. The molecule has 0 saturated heterocycles. The van der Waals surface area contributed by atoms with Crippen molar-refractivity contribution in [1.29, 1.82) is 0 Å². The van der Waals surface area contributed by atoms with E-state index in [9.17, 15) is 14.7 Å². The van der Waals surface area contributed by atoms with Crippen LogP contribution in [-0.4, -0.2) is 23.3 Å². The fourth-order valence-electron chi connectivity index (χ4n) is 3.05. The van der Waals surface area contributed by atoms with E-state index >= 15 is 0 Å². The molecule has 3 atom stereocenters. The Kier molecular flexibility index (Phi) is 4.46. The SMILES string of the molecule is CC(=O)OC1Oc2ccccc2C(O)(OC(C)=O)C1c1ccccc1. The van der Waals surface area contributed by atoms with Gasteiger partial charge in [-0.05, 0) is 17.7 Å². The summed E-state index contributed by atoms with van der Waals surface area (Å²) in [7, 11) is 0. The van der Waals surface area contributed by atoms with Crippen molar-refractivity contribution in [2.45, 2.75) is 31.8 Å². The highest BCUT2D eigenvalue weighted by Gasteiger charge is 2.54. The van der Waals surface area contributed by atoms with Gasteiger partial charge in [0.2, 0.25) is 0 Å². The van der Waals surface area contributed by atoms with E-state index in [-0.39, 0.29) is 5.75 Å². The Balaban J connectivity index is 2.19. The normalized spacial score (nSPS) is 24.6. The zero-order valence-corrected chi connectivity index (χ0v) is 13.8. The number of carbonyl (C=O) groups is 2. The topological polar surface area (TPSA) is 82.1 Å². The van der Waals surface area contributed by atoms with E-state index in [1.807, 2.05) is 6.07 Å². The number of hydrogen-bond acceptors (Lipinski definition) is 6. The van der Waals surface area contributed by atoms with Gasteiger partial charge < -0.3 is 19.3 Å². The van der Waals surface area contributed by atoms with Crippen LogP contribution in [0.3, 0.4) is 0 Å². The second-order valence-corrected chi connectivity index (χ2v) is 5.77. The van der Waals surface area contributed by atoms with Crippen molar-refractivity contribution in [2.24, 2.45) is 0 Å². The number of ether oxygens (including phenoxy) is 3. The van der Waals surface area contributed by atoms with Crippen LogP contribution in [0.5, 0.6) is 5.75 Å². The lowest BCUT2D eigenvalue weighted by Gasteiger charge is -2.43. The Morgan fingerprint density at radius 3 is 2.28 bits per heavy atom. The molecule has 0 aliphatic carbocycles. The summed E-state index contributed by atoms with van der Waals surface area (Å²) in [4.78, 5) is 23.2. The molecule has 25 heavy (non-hydrogen) atoms. The van der Waals surface area contributed by atoms with Gasteiger partial charge in [-0.1, -0.05) is 42.5 Å². The van der Waals surface area contributed by atoms with Gasteiger partial charge in [0, 0.05) is 13.8 Å². The van der Waals surface area contributed by atoms with Gasteiger partial charge in [0.25, 0.3) is 12.1 Å². The molecule has 6 nitrogen and oxygen atoms in total. The third kappa shape index (κ3) is 3.21. The maximum absolute atomic E-state index is 11.7. The quantitative estimate of drug-likeness (QED) is 0.682. The molecule has 1 heterocycles. The fourth-order valence-corrected chi connectivity index (χ4v) is 3.05. The average Bonchev–Trinajstić information content (AvgIpc) is 2.54. The molecule has 0 saturated carbocycles. The molecular weight excluding hydrogens is 324 g/mol. The summed E-state index contributed by atoms with van der Waals surface area (Å²) >= 11 is 0. The molecule has 2 aromatic carbocycles. The summed E-state index contributed by atoms with van der Waals surface area (Å²) in [5.74, 6) is -3.94. The molecule has 0 amide bonds. The van der Waals surface area contributed by atoms with Gasteiger partial charge in [-0.25, -0.2) is 0 Å². The monoisotopic (exact) mass is 342 g/mol. The highest BCUT2D eigenvalue weighted by molar-refractivity contribution is 5.68. The Morgan fingerprint density at radius 1 is 1.00 bits per heavy atom. The predicted octanol–water partition coefficient (Wildman–Crippen LogP) is 2.46. The van der Waals surface area contributed by atoms with Crippen LogP contribution in [0.1, 0.15) is 30.9 Å². The summed E-state index contributed by atoms with van der Waals surface area (Å²) in [6.45, 7) is 2.45. The van der Waals surface area contributed by atoms with Crippen LogP contribution in [0.25, 0.3) is 0 Å². The number of aliphatic hydroxyl groups is 1. The number of fused-ring (bicyclic) bond motifs is 1. The van der Waals surface area contributed by atoms with Crippen molar-refractivity contribution in [1.82, 2.24) is 0 Å². The predicted molar refractivity (Wildman–Crippen MR) is 87.5 cm³/mol. The van der Waals surface area contributed by atoms with Gasteiger partial charge in [0.1, 0.15) is 11.7 Å². The van der Waals surface area contributed by atoms with Crippen molar-refractivity contribution in [2.75, 3.05) is 0 Å². The first kappa shape index (κ1) is 17.0. The summed E-state index contributed by atoms with van der Waals surface area (Å²) in [5, 5.41) is 11.4. The number of hydrogen-bond donors (Lipinski definition) is 1. The Labute approximate surface area is 144 Å². The maximum atomic E-state index is 11.7. The molecule has 0 radical (unpaired) electrons. The number of para-hydroxylation sites is 1. The molecule has 1 N–H and O–H groups in total. The van der Waals surface area contributed by atoms with Crippen LogP contribution in [0.4, 0.5) is 0 Å². The van der Waals surface area contributed by atoms with Gasteiger partial charge in [-0.15, -0.1) is 0 Å². The Morgan fingerprint density at radius 2 is 1.64 bits per heavy atom. The zero-order chi connectivity index (χ0) is 18.0. The fraction of sp³-hybridized carbons (Fsp3) is 0.263. The molecule has 3 rings (SSSR count). The summed E-state index contributed by atoms with van der Waals surface area (Å²) < 4.78 is 16.4. The van der Waals surface area contributed by atoms with E-state index < -0.39 is 29.9 Å². The zero-order valence-electron chi connectivity index (χ0n) is 13.8. The van der Waals surface area contributed by atoms with Crippen LogP contribution in [0, 0.1) is 0 Å². The summed E-state index contributed by atoms with van der Waals surface area (Å²) in [5.41, 5.74) is 0.898. The first-order valence-electron chi connectivity index (χ1n) is 7.82. The first-order chi connectivity index (χ1) is 11.9. The van der Waals surface area contributed by atoms with Crippen LogP contribution < -0.4 is 4.74 Å². The number of carbonyl (C=O) groups excluding carboxylic acids is 2. The number of benzene rings is 2. The molecule has 6 heteroatoms. The van der Waals surface area contributed by atoms with Crippen molar-refractivity contribution in [3.05, 3.63) is 65.7 Å². The van der Waals surface area contributed by atoms with Gasteiger partial charge in [-0.2, -0.15) is 0 Å². The van der Waals surface area contributed by atoms with Crippen LogP contribution in [0.2, 0.25) is 0 Å². The van der Waals surface area contributed by atoms with E-state index in [1.165, 1.54) is 13.8 Å². The lowest BCUT2D eigenvalue weighted by Crippen LogP contribution is -2.50. The lowest BCUT2D eigenvalue weighted by atomic mass is 9.82. The van der Waals surface area contributed by atoms with Crippen molar-refractivity contribution in [3.8, 4) is 5.75 Å². The van der Waals surface area contributed by atoms with E-state index in [4.69, 9.17) is 14.2 Å². The minimum atomic E-state index is -2.04. The highest BCUT2D eigenvalue weighted by atomic mass is 16.7. The van der Waals surface area contributed by atoms with Gasteiger partial charge in [0.05, 0.1) is 5.56 Å². The lowest BCUT2D eigenvalue weighted by molar-refractivity contribution is -0.263. The minimum Gasteiger partial charge on any atom is -0.453 e. The molecule has 1 aliphatic heterocycles. The van der Waals surface area contributed by atoms with Crippen LogP contribution in [-0.2, 0) is 24.8 Å². The molecule has 0 spiro atoms.